The smallest absolute Gasteiger partial charge is 0.358 e. The molecule has 0 radical (unpaired) electrons. The standard InChI is InChI=1S/C18H12ClN3O2S/c19-13-6-7-16-20-14(9-22(16)8-13)10-24-18(23)15-11-25-17(21-15)12-4-2-1-3-5-12/h1-9,11H,10H2. The summed E-state index contributed by atoms with van der Waals surface area (Å²) in [6.07, 6.45) is 3.53. The van der Waals surface area contributed by atoms with Crippen molar-refractivity contribution in [3.63, 3.8) is 0 Å². The first-order chi connectivity index (χ1) is 12.2. The van der Waals surface area contributed by atoms with Crippen LogP contribution >= 0.6 is 22.9 Å². The molecule has 0 saturated heterocycles. The second kappa shape index (κ2) is 6.66. The number of imidazole rings is 1. The first kappa shape index (κ1) is 15.8. The zero-order valence-electron chi connectivity index (χ0n) is 12.9. The molecule has 0 atom stereocenters. The fourth-order valence-electron chi connectivity index (χ4n) is 2.38. The summed E-state index contributed by atoms with van der Waals surface area (Å²) in [5.41, 5.74) is 2.67. The first-order valence-corrected chi connectivity index (χ1v) is 8.76. The molecular weight excluding hydrogens is 358 g/mol. The number of rotatable bonds is 4. The normalized spacial score (nSPS) is 10.9. The molecular formula is C18H12ClN3O2S. The Morgan fingerprint density at radius 3 is 2.80 bits per heavy atom. The number of aromatic nitrogens is 3. The molecule has 0 aliphatic rings. The number of benzene rings is 1. The number of carbonyl (C=O) groups is 1. The van der Waals surface area contributed by atoms with Gasteiger partial charge in [0.2, 0.25) is 0 Å². The van der Waals surface area contributed by atoms with Gasteiger partial charge >= 0.3 is 5.97 Å². The van der Waals surface area contributed by atoms with Crippen molar-refractivity contribution >= 4 is 34.6 Å². The van der Waals surface area contributed by atoms with E-state index < -0.39 is 5.97 Å². The van der Waals surface area contributed by atoms with Crippen molar-refractivity contribution in [2.45, 2.75) is 6.61 Å². The molecule has 124 valence electrons. The highest BCUT2D eigenvalue weighted by molar-refractivity contribution is 7.13. The lowest BCUT2D eigenvalue weighted by molar-refractivity contribution is 0.0462. The number of halogens is 1. The van der Waals surface area contributed by atoms with Gasteiger partial charge in [-0.1, -0.05) is 41.9 Å². The van der Waals surface area contributed by atoms with Crippen molar-refractivity contribution in [3.8, 4) is 10.6 Å². The Labute approximate surface area is 152 Å². The molecule has 0 aliphatic carbocycles. The average molecular weight is 370 g/mol. The number of thiazole rings is 1. The van der Waals surface area contributed by atoms with Gasteiger partial charge in [0.1, 0.15) is 17.3 Å². The molecule has 4 aromatic rings. The summed E-state index contributed by atoms with van der Waals surface area (Å²) in [6, 6.07) is 13.3. The third-order valence-electron chi connectivity index (χ3n) is 3.55. The van der Waals surface area contributed by atoms with Crippen LogP contribution in [0.1, 0.15) is 16.2 Å². The minimum absolute atomic E-state index is 0.0797. The van der Waals surface area contributed by atoms with E-state index in [1.807, 2.05) is 30.3 Å². The Morgan fingerprint density at radius 1 is 1.12 bits per heavy atom. The van der Waals surface area contributed by atoms with Crippen LogP contribution in [0.15, 0.2) is 60.2 Å². The Kier molecular flexibility index (Phi) is 4.21. The van der Waals surface area contributed by atoms with E-state index in [1.54, 1.807) is 34.3 Å². The molecule has 0 amide bonds. The summed E-state index contributed by atoms with van der Waals surface area (Å²) in [5, 5.41) is 3.10. The minimum atomic E-state index is -0.464. The third-order valence-corrected chi connectivity index (χ3v) is 4.66. The van der Waals surface area contributed by atoms with Crippen molar-refractivity contribution in [1.82, 2.24) is 14.4 Å². The molecule has 0 N–H and O–H groups in total. The summed E-state index contributed by atoms with van der Waals surface area (Å²) < 4.78 is 7.11. The highest BCUT2D eigenvalue weighted by atomic mass is 35.5. The number of carbonyl (C=O) groups excluding carboxylic acids is 1. The molecule has 0 aliphatic heterocycles. The molecule has 0 spiro atoms. The quantitative estimate of drug-likeness (QED) is 0.498. The van der Waals surface area contributed by atoms with Gasteiger partial charge in [0, 0.05) is 23.3 Å². The number of hydrogen-bond donors (Lipinski definition) is 0. The number of ether oxygens (including phenoxy) is 1. The van der Waals surface area contributed by atoms with Crippen molar-refractivity contribution in [2.75, 3.05) is 0 Å². The molecule has 0 saturated carbocycles. The van der Waals surface area contributed by atoms with Crippen LogP contribution in [0.3, 0.4) is 0 Å². The van der Waals surface area contributed by atoms with E-state index in [2.05, 4.69) is 9.97 Å². The van der Waals surface area contributed by atoms with E-state index >= 15 is 0 Å². The largest absolute Gasteiger partial charge is 0.454 e. The van der Waals surface area contributed by atoms with Crippen LogP contribution in [-0.4, -0.2) is 20.3 Å². The van der Waals surface area contributed by atoms with Gasteiger partial charge < -0.3 is 9.14 Å². The van der Waals surface area contributed by atoms with Crippen LogP contribution in [-0.2, 0) is 11.3 Å². The maximum Gasteiger partial charge on any atom is 0.358 e. The van der Waals surface area contributed by atoms with Crippen LogP contribution in [0, 0.1) is 0 Å². The number of esters is 1. The highest BCUT2D eigenvalue weighted by Crippen LogP contribution is 2.23. The van der Waals surface area contributed by atoms with Crippen LogP contribution < -0.4 is 0 Å². The summed E-state index contributed by atoms with van der Waals surface area (Å²) >= 11 is 7.36. The zero-order valence-corrected chi connectivity index (χ0v) is 14.5. The van der Waals surface area contributed by atoms with Crippen molar-refractivity contribution < 1.29 is 9.53 Å². The fraction of sp³-hybridized carbons (Fsp3) is 0.0556. The monoisotopic (exact) mass is 369 g/mol. The molecule has 5 nitrogen and oxygen atoms in total. The molecule has 3 aromatic heterocycles. The number of nitrogens with zero attached hydrogens (tertiary/aromatic N) is 3. The summed E-state index contributed by atoms with van der Waals surface area (Å²) in [4.78, 5) is 20.9. The van der Waals surface area contributed by atoms with Gasteiger partial charge in [0.25, 0.3) is 0 Å². The lowest BCUT2D eigenvalue weighted by Gasteiger charge is -1.99. The van der Waals surface area contributed by atoms with E-state index in [0.717, 1.165) is 16.2 Å². The van der Waals surface area contributed by atoms with E-state index in [4.69, 9.17) is 16.3 Å². The topological polar surface area (TPSA) is 56.5 Å². The van der Waals surface area contributed by atoms with Gasteiger partial charge in [-0.15, -0.1) is 11.3 Å². The van der Waals surface area contributed by atoms with Gasteiger partial charge in [0.05, 0.1) is 10.7 Å². The van der Waals surface area contributed by atoms with Crippen LogP contribution in [0.25, 0.3) is 16.2 Å². The Morgan fingerprint density at radius 2 is 1.96 bits per heavy atom. The Balaban J connectivity index is 1.46. The molecule has 1 aromatic carbocycles. The summed E-state index contributed by atoms with van der Waals surface area (Å²) in [7, 11) is 0. The maximum absolute atomic E-state index is 12.2. The lowest BCUT2D eigenvalue weighted by atomic mass is 10.2. The average Bonchev–Trinajstić information content (AvgIpc) is 3.27. The Bertz CT molecular complexity index is 1040. The number of pyridine rings is 1. The molecule has 3 heterocycles. The number of fused-ring (bicyclic) bond motifs is 1. The predicted molar refractivity (Wildman–Crippen MR) is 96.9 cm³/mol. The van der Waals surface area contributed by atoms with E-state index in [-0.39, 0.29) is 6.61 Å². The predicted octanol–water partition coefficient (Wildman–Crippen LogP) is 4.47. The van der Waals surface area contributed by atoms with Crippen molar-refractivity contribution in [2.24, 2.45) is 0 Å². The fourth-order valence-corrected chi connectivity index (χ4v) is 3.34. The molecule has 7 heteroatoms. The van der Waals surface area contributed by atoms with Gasteiger partial charge in [-0.25, -0.2) is 14.8 Å². The van der Waals surface area contributed by atoms with Crippen LogP contribution in [0.5, 0.6) is 0 Å². The van der Waals surface area contributed by atoms with Gasteiger partial charge in [0.15, 0.2) is 5.69 Å². The van der Waals surface area contributed by atoms with Gasteiger partial charge in [-0.2, -0.15) is 0 Å². The minimum Gasteiger partial charge on any atom is -0.454 e. The summed E-state index contributed by atoms with van der Waals surface area (Å²) in [6.45, 7) is 0.0797. The second-order valence-corrected chi connectivity index (χ2v) is 6.62. The van der Waals surface area contributed by atoms with Gasteiger partial charge in [-0.05, 0) is 12.1 Å². The van der Waals surface area contributed by atoms with E-state index in [1.165, 1.54) is 11.3 Å². The Hall–Kier alpha value is -2.70. The molecule has 0 fully saturated rings. The molecule has 0 bridgehead atoms. The first-order valence-electron chi connectivity index (χ1n) is 7.50. The molecule has 25 heavy (non-hydrogen) atoms. The van der Waals surface area contributed by atoms with E-state index in [9.17, 15) is 4.79 Å². The van der Waals surface area contributed by atoms with Gasteiger partial charge in [-0.3, -0.25) is 0 Å². The van der Waals surface area contributed by atoms with E-state index in [0.29, 0.717) is 16.4 Å². The third kappa shape index (κ3) is 3.40. The van der Waals surface area contributed by atoms with Crippen molar-refractivity contribution in [1.29, 1.82) is 0 Å². The number of hydrogen-bond acceptors (Lipinski definition) is 5. The van der Waals surface area contributed by atoms with Crippen molar-refractivity contribution in [3.05, 3.63) is 76.6 Å². The lowest BCUT2D eigenvalue weighted by Crippen LogP contribution is -2.05. The van der Waals surface area contributed by atoms with Crippen LogP contribution in [0.4, 0.5) is 0 Å². The van der Waals surface area contributed by atoms with Crippen LogP contribution in [0.2, 0.25) is 5.02 Å². The zero-order chi connectivity index (χ0) is 17.2. The summed E-state index contributed by atoms with van der Waals surface area (Å²) in [5.74, 6) is -0.464. The molecule has 4 rings (SSSR count). The molecule has 0 unspecified atom stereocenters. The second-order valence-electron chi connectivity index (χ2n) is 5.33. The highest BCUT2D eigenvalue weighted by Gasteiger charge is 2.14. The maximum atomic E-state index is 12.2. The SMILES string of the molecule is O=C(OCc1cn2cc(Cl)ccc2n1)c1csc(-c2ccccc2)n1.